The van der Waals surface area contributed by atoms with E-state index in [2.05, 4.69) is 10.3 Å². The molecule has 106 valence electrons. The van der Waals surface area contributed by atoms with Gasteiger partial charge in [0.2, 0.25) is 0 Å². The van der Waals surface area contributed by atoms with Gasteiger partial charge in [0.1, 0.15) is 9.88 Å². The lowest BCUT2D eigenvalue weighted by Gasteiger charge is -2.08. The number of aliphatic hydroxyl groups excluding tert-OH is 1. The third-order valence-electron chi connectivity index (χ3n) is 2.95. The lowest BCUT2D eigenvalue weighted by Crippen LogP contribution is -2.29. The van der Waals surface area contributed by atoms with Crippen molar-refractivity contribution in [2.24, 2.45) is 5.92 Å². The monoisotopic (exact) mass is 290 g/mol. The first-order valence-corrected chi connectivity index (χ1v) is 7.35. The van der Waals surface area contributed by atoms with Crippen LogP contribution < -0.4 is 5.32 Å². The van der Waals surface area contributed by atoms with Crippen LogP contribution >= 0.6 is 11.3 Å². The van der Waals surface area contributed by atoms with Gasteiger partial charge >= 0.3 is 0 Å². The molecule has 0 bridgehead atoms. The van der Waals surface area contributed by atoms with Gasteiger partial charge in [-0.15, -0.1) is 11.3 Å². The van der Waals surface area contributed by atoms with E-state index in [1.165, 1.54) is 11.3 Å². The molecule has 1 heterocycles. The first-order chi connectivity index (χ1) is 9.61. The SMILES string of the molecule is Cc1nc(-c2ccccc2)sc1C(=O)NCC(C)CO. The largest absolute Gasteiger partial charge is 0.396 e. The summed E-state index contributed by atoms with van der Waals surface area (Å²) in [4.78, 5) is 17.2. The molecule has 4 nitrogen and oxygen atoms in total. The average molecular weight is 290 g/mol. The molecule has 0 aliphatic rings. The highest BCUT2D eigenvalue weighted by Crippen LogP contribution is 2.27. The smallest absolute Gasteiger partial charge is 0.263 e. The van der Waals surface area contributed by atoms with Crippen LogP contribution in [0.2, 0.25) is 0 Å². The fourth-order valence-corrected chi connectivity index (χ4v) is 2.71. The molecule has 1 atom stereocenters. The zero-order valence-corrected chi connectivity index (χ0v) is 12.4. The molecular weight excluding hydrogens is 272 g/mol. The van der Waals surface area contributed by atoms with Crippen LogP contribution in [0.3, 0.4) is 0 Å². The van der Waals surface area contributed by atoms with Crippen molar-refractivity contribution < 1.29 is 9.90 Å². The molecule has 2 aromatic rings. The van der Waals surface area contributed by atoms with E-state index in [1.54, 1.807) is 0 Å². The molecule has 20 heavy (non-hydrogen) atoms. The lowest BCUT2D eigenvalue weighted by molar-refractivity contribution is 0.0945. The Kier molecular flexibility index (Phi) is 4.87. The van der Waals surface area contributed by atoms with Crippen LogP contribution in [0.15, 0.2) is 30.3 Å². The number of aryl methyl sites for hydroxylation is 1. The maximum Gasteiger partial charge on any atom is 0.263 e. The van der Waals surface area contributed by atoms with Gasteiger partial charge in [0.25, 0.3) is 5.91 Å². The van der Waals surface area contributed by atoms with Gasteiger partial charge in [0.05, 0.1) is 5.69 Å². The van der Waals surface area contributed by atoms with Gasteiger partial charge in [-0.3, -0.25) is 4.79 Å². The summed E-state index contributed by atoms with van der Waals surface area (Å²) in [5.41, 5.74) is 1.76. The zero-order valence-electron chi connectivity index (χ0n) is 11.6. The van der Waals surface area contributed by atoms with Crippen LogP contribution in [0.5, 0.6) is 0 Å². The summed E-state index contributed by atoms with van der Waals surface area (Å²) in [6.07, 6.45) is 0. The number of hydrogen-bond acceptors (Lipinski definition) is 4. The molecule has 0 saturated heterocycles. The fraction of sp³-hybridized carbons (Fsp3) is 0.333. The van der Waals surface area contributed by atoms with Crippen LogP contribution in [-0.4, -0.2) is 29.1 Å². The van der Waals surface area contributed by atoms with Gasteiger partial charge in [0.15, 0.2) is 0 Å². The molecule has 1 aromatic heterocycles. The van der Waals surface area contributed by atoms with Gasteiger partial charge < -0.3 is 10.4 Å². The molecule has 0 aliphatic carbocycles. The van der Waals surface area contributed by atoms with Crippen molar-refractivity contribution in [1.82, 2.24) is 10.3 Å². The summed E-state index contributed by atoms with van der Waals surface area (Å²) in [7, 11) is 0. The maximum atomic E-state index is 12.1. The Labute approximate surface area is 122 Å². The van der Waals surface area contributed by atoms with Crippen LogP contribution in [0, 0.1) is 12.8 Å². The number of nitrogens with one attached hydrogen (secondary N) is 1. The summed E-state index contributed by atoms with van der Waals surface area (Å²) in [6.45, 7) is 4.26. The molecule has 2 rings (SSSR count). The van der Waals surface area contributed by atoms with Crippen LogP contribution in [-0.2, 0) is 0 Å². The number of aliphatic hydroxyl groups is 1. The number of benzene rings is 1. The summed E-state index contributed by atoms with van der Waals surface area (Å²) < 4.78 is 0. The summed E-state index contributed by atoms with van der Waals surface area (Å²) in [5, 5.41) is 12.6. The highest BCUT2D eigenvalue weighted by atomic mass is 32.1. The molecule has 0 aliphatic heterocycles. The van der Waals surface area contributed by atoms with E-state index in [0.717, 1.165) is 16.3 Å². The van der Waals surface area contributed by atoms with Crippen molar-refractivity contribution in [3.05, 3.63) is 40.9 Å². The van der Waals surface area contributed by atoms with Gasteiger partial charge in [-0.2, -0.15) is 0 Å². The Bertz CT molecular complexity index is 581. The molecule has 0 fully saturated rings. The predicted octanol–water partition coefficient (Wildman–Crippen LogP) is 2.48. The van der Waals surface area contributed by atoms with Crippen molar-refractivity contribution in [2.45, 2.75) is 13.8 Å². The second kappa shape index (κ2) is 6.63. The second-order valence-electron chi connectivity index (χ2n) is 4.80. The van der Waals surface area contributed by atoms with Crippen molar-refractivity contribution in [3.63, 3.8) is 0 Å². The molecule has 0 spiro atoms. The van der Waals surface area contributed by atoms with E-state index in [9.17, 15) is 4.79 Å². The number of carbonyl (C=O) groups excluding carboxylic acids is 1. The standard InChI is InChI=1S/C15H18N2O2S/c1-10(9-18)8-16-14(19)13-11(2)17-15(20-13)12-6-4-3-5-7-12/h3-7,10,18H,8-9H2,1-2H3,(H,16,19). The van der Waals surface area contributed by atoms with Crippen molar-refractivity contribution in [2.75, 3.05) is 13.2 Å². The average Bonchev–Trinajstić information content (AvgIpc) is 2.87. The van der Waals surface area contributed by atoms with Gasteiger partial charge in [-0.05, 0) is 12.8 Å². The minimum atomic E-state index is -0.123. The third kappa shape index (κ3) is 3.43. The van der Waals surface area contributed by atoms with Crippen molar-refractivity contribution >= 4 is 17.2 Å². The quantitative estimate of drug-likeness (QED) is 0.889. The number of aromatic nitrogens is 1. The normalized spacial score (nSPS) is 12.2. The molecule has 1 unspecified atom stereocenters. The van der Waals surface area contributed by atoms with E-state index in [1.807, 2.05) is 44.2 Å². The Hall–Kier alpha value is -1.72. The number of carbonyl (C=O) groups is 1. The van der Waals surface area contributed by atoms with Gasteiger partial charge in [-0.25, -0.2) is 4.98 Å². The first-order valence-electron chi connectivity index (χ1n) is 6.53. The van der Waals surface area contributed by atoms with E-state index in [-0.39, 0.29) is 18.4 Å². The molecule has 2 N–H and O–H groups in total. The number of nitrogens with zero attached hydrogens (tertiary/aromatic N) is 1. The van der Waals surface area contributed by atoms with Crippen LogP contribution in [0.25, 0.3) is 10.6 Å². The Morgan fingerprint density at radius 2 is 2.10 bits per heavy atom. The predicted molar refractivity (Wildman–Crippen MR) is 80.9 cm³/mol. The van der Waals surface area contributed by atoms with E-state index in [0.29, 0.717) is 11.4 Å². The Morgan fingerprint density at radius 1 is 1.40 bits per heavy atom. The summed E-state index contributed by atoms with van der Waals surface area (Å²) in [5.74, 6) is -0.0664. The summed E-state index contributed by atoms with van der Waals surface area (Å²) >= 11 is 1.39. The molecule has 1 aromatic carbocycles. The topological polar surface area (TPSA) is 62.2 Å². The molecule has 5 heteroatoms. The number of hydrogen-bond donors (Lipinski definition) is 2. The Balaban J connectivity index is 2.13. The van der Waals surface area contributed by atoms with E-state index < -0.39 is 0 Å². The number of amides is 1. The summed E-state index contributed by atoms with van der Waals surface area (Å²) in [6, 6.07) is 9.82. The second-order valence-corrected chi connectivity index (χ2v) is 5.80. The number of thiazole rings is 1. The Morgan fingerprint density at radius 3 is 2.75 bits per heavy atom. The highest BCUT2D eigenvalue weighted by molar-refractivity contribution is 7.17. The minimum Gasteiger partial charge on any atom is -0.396 e. The van der Waals surface area contributed by atoms with Crippen LogP contribution in [0.1, 0.15) is 22.3 Å². The van der Waals surface area contributed by atoms with Crippen LogP contribution in [0.4, 0.5) is 0 Å². The fourth-order valence-electron chi connectivity index (χ4n) is 1.72. The third-order valence-corrected chi connectivity index (χ3v) is 4.15. The molecule has 0 saturated carbocycles. The lowest BCUT2D eigenvalue weighted by atomic mass is 10.2. The maximum absolute atomic E-state index is 12.1. The molecule has 1 amide bonds. The van der Waals surface area contributed by atoms with E-state index >= 15 is 0 Å². The highest BCUT2D eigenvalue weighted by Gasteiger charge is 2.16. The number of rotatable bonds is 5. The van der Waals surface area contributed by atoms with Crippen molar-refractivity contribution in [3.8, 4) is 10.6 Å². The molecular formula is C15H18N2O2S. The van der Waals surface area contributed by atoms with Gasteiger partial charge in [0, 0.05) is 18.7 Å². The first kappa shape index (κ1) is 14.7. The van der Waals surface area contributed by atoms with Gasteiger partial charge in [-0.1, -0.05) is 37.3 Å². The van der Waals surface area contributed by atoms with E-state index in [4.69, 9.17) is 5.11 Å². The molecule has 0 radical (unpaired) electrons. The zero-order chi connectivity index (χ0) is 14.5. The minimum absolute atomic E-state index is 0.0563. The van der Waals surface area contributed by atoms with Crippen molar-refractivity contribution in [1.29, 1.82) is 0 Å².